The highest BCUT2D eigenvalue weighted by atomic mass is 35.5. The standard InChI is InChI=1S/C19H10Cl2N2O2S/c20-14-5-3-6-15(21)13(14)9-22-19-23-16(10-26-19)12-8-11-4-1-2-7-17(11)25-18(12)24/h1-10H. The van der Waals surface area contributed by atoms with E-state index in [0.29, 0.717) is 37.6 Å². The molecule has 26 heavy (non-hydrogen) atoms. The molecule has 0 saturated heterocycles. The lowest BCUT2D eigenvalue weighted by molar-refractivity contribution is 0.563. The smallest absolute Gasteiger partial charge is 0.345 e. The number of halogens is 2. The number of rotatable bonds is 3. The van der Waals surface area contributed by atoms with Crippen LogP contribution in [0, 0.1) is 0 Å². The Morgan fingerprint density at radius 2 is 1.85 bits per heavy atom. The summed E-state index contributed by atoms with van der Waals surface area (Å²) in [6, 6.07) is 14.4. The summed E-state index contributed by atoms with van der Waals surface area (Å²) in [4.78, 5) is 21.0. The summed E-state index contributed by atoms with van der Waals surface area (Å²) in [6.07, 6.45) is 1.57. The number of para-hydroxylation sites is 1. The monoisotopic (exact) mass is 400 g/mol. The van der Waals surface area contributed by atoms with E-state index in [1.807, 2.05) is 18.2 Å². The van der Waals surface area contributed by atoms with E-state index in [0.717, 1.165) is 5.39 Å². The van der Waals surface area contributed by atoms with Crippen LogP contribution in [-0.2, 0) is 0 Å². The van der Waals surface area contributed by atoms with Crippen molar-refractivity contribution in [2.75, 3.05) is 0 Å². The van der Waals surface area contributed by atoms with Crippen molar-refractivity contribution >= 4 is 56.9 Å². The molecule has 0 atom stereocenters. The van der Waals surface area contributed by atoms with E-state index in [-0.39, 0.29) is 0 Å². The van der Waals surface area contributed by atoms with E-state index in [4.69, 9.17) is 27.6 Å². The van der Waals surface area contributed by atoms with Crippen LogP contribution in [0.1, 0.15) is 5.56 Å². The molecule has 0 spiro atoms. The Balaban J connectivity index is 1.70. The van der Waals surface area contributed by atoms with Crippen molar-refractivity contribution in [2.45, 2.75) is 0 Å². The first kappa shape index (κ1) is 17.0. The molecule has 0 N–H and O–H groups in total. The maximum absolute atomic E-state index is 12.2. The third-order valence-corrected chi connectivity index (χ3v) is 5.12. The average Bonchev–Trinajstić information content (AvgIpc) is 3.09. The van der Waals surface area contributed by atoms with Crippen LogP contribution < -0.4 is 5.63 Å². The molecule has 0 saturated carbocycles. The fourth-order valence-electron chi connectivity index (χ4n) is 2.44. The number of benzene rings is 2. The van der Waals surface area contributed by atoms with Gasteiger partial charge in [0.15, 0.2) is 0 Å². The number of nitrogens with zero attached hydrogens (tertiary/aromatic N) is 2. The molecule has 0 amide bonds. The molecule has 0 radical (unpaired) electrons. The zero-order chi connectivity index (χ0) is 18.1. The van der Waals surface area contributed by atoms with Gasteiger partial charge in [-0.1, -0.05) is 47.5 Å². The highest BCUT2D eigenvalue weighted by Gasteiger charge is 2.11. The molecule has 0 bridgehead atoms. The lowest BCUT2D eigenvalue weighted by Gasteiger charge is -1.99. The Morgan fingerprint density at radius 1 is 1.08 bits per heavy atom. The molecule has 0 fully saturated rings. The van der Waals surface area contributed by atoms with Crippen molar-refractivity contribution in [3.8, 4) is 11.3 Å². The quantitative estimate of drug-likeness (QED) is 0.314. The highest BCUT2D eigenvalue weighted by Crippen LogP contribution is 2.28. The summed E-state index contributed by atoms with van der Waals surface area (Å²) in [7, 11) is 0. The molecule has 2 aromatic heterocycles. The van der Waals surface area contributed by atoms with Crippen molar-refractivity contribution in [1.29, 1.82) is 0 Å². The molecule has 4 nitrogen and oxygen atoms in total. The van der Waals surface area contributed by atoms with Gasteiger partial charge in [0.05, 0.1) is 21.3 Å². The molecule has 4 rings (SSSR count). The van der Waals surface area contributed by atoms with Crippen LogP contribution in [0.2, 0.25) is 10.0 Å². The molecule has 4 aromatic rings. The van der Waals surface area contributed by atoms with Gasteiger partial charge in [0, 0.05) is 22.5 Å². The minimum atomic E-state index is -0.432. The molecular formula is C19H10Cl2N2O2S. The third-order valence-electron chi connectivity index (χ3n) is 3.71. The minimum Gasteiger partial charge on any atom is -0.422 e. The Hall–Kier alpha value is -2.47. The second-order valence-electron chi connectivity index (χ2n) is 5.39. The molecule has 2 heterocycles. The van der Waals surface area contributed by atoms with E-state index in [1.165, 1.54) is 11.3 Å². The van der Waals surface area contributed by atoms with E-state index >= 15 is 0 Å². The molecule has 7 heteroatoms. The first-order chi connectivity index (χ1) is 12.6. The molecule has 0 aliphatic rings. The summed E-state index contributed by atoms with van der Waals surface area (Å²) in [5.74, 6) is 0. The van der Waals surface area contributed by atoms with E-state index in [1.54, 1.807) is 41.9 Å². The van der Waals surface area contributed by atoms with Crippen LogP contribution in [0.15, 0.2) is 68.1 Å². The SMILES string of the molecule is O=c1oc2ccccc2cc1-c1csc(N=Cc2c(Cl)cccc2Cl)n1. The van der Waals surface area contributed by atoms with Crippen LogP contribution in [0.4, 0.5) is 5.13 Å². The lowest BCUT2D eigenvalue weighted by atomic mass is 10.1. The second kappa shape index (κ2) is 7.03. The van der Waals surface area contributed by atoms with Gasteiger partial charge in [-0.2, -0.15) is 0 Å². The molecular weight excluding hydrogens is 391 g/mol. The molecule has 2 aromatic carbocycles. The zero-order valence-corrected chi connectivity index (χ0v) is 15.5. The van der Waals surface area contributed by atoms with Crippen LogP contribution in [0.3, 0.4) is 0 Å². The Kier molecular flexibility index (Phi) is 4.59. The molecule has 0 aliphatic heterocycles. The maximum Gasteiger partial charge on any atom is 0.345 e. The average molecular weight is 401 g/mol. The molecule has 0 aliphatic carbocycles. The summed E-state index contributed by atoms with van der Waals surface area (Å²) in [6.45, 7) is 0. The Morgan fingerprint density at radius 3 is 2.65 bits per heavy atom. The number of fused-ring (bicyclic) bond motifs is 1. The fraction of sp³-hybridized carbons (Fsp3) is 0. The van der Waals surface area contributed by atoms with Gasteiger partial charge in [0.1, 0.15) is 5.58 Å². The Labute approximate surface area is 162 Å². The zero-order valence-electron chi connectivity index (χ0n) is 13.1. The summed E-state index contributed by atoms with van der Waals surface area (Å²) < 4.78 is 5.35. The van der Waals surface area contributed by atoms with Crippen molar-refractivity contribution in [3.05, 3.63) is 79.9 Å². The summed E-state index contributed by atoms with van der Waals surface area (Å²) >= 11 is 13.6. The number of hydrogen-bond acceptors (Lipinski definition) is 5. The predicted octanol–water partition coefficient (Wildman–Crippen LogP) is 5.97. The maximum atomic E-state index is 12.2. The molecule has 128 valence electrons. The van der Waals surface area contributed by atoms with Gasteiger partial charge in [0.25, 0.3) is 0 Å². The van der Waals surface area contributed by atoms with E-state index in [2.05, 4.69) is 9.98 Å². The van der Waals surface area contributed by atoms with Crippen molar-refractivity contribution in [3.63, 3.8) is 0 Å². The normalized spacial score (nSPS) is 11.5. The van der Waals surface area contributed by atoms with Gasteiger partial charge in [-0.3, -0.25) is 0 Å². The predicted molar refractivity (Wildman–Crippen MR) is 107 cm³/mol. The number of thiazole rings is 1. The van der Waals surface area contributed by atoms with Crippen molar-refractivity contribution < 1.29 is 4.42 Å². The van der Waals surface area contributed by atoms with E-state index < -0.39 is 5.63 Å². The van der Waals surface area contributed by atoms with Crippen LogP contribution in [-0.4, -0.2) is 11.2 Å². The first-order valence-electron chi connectivity index (χ1n) is 7.59. The van der Waals surface area contributed by atoms with Crippen molar-refractivity contribution in [1.82, 2.24) is 4.98 Å². The number of aromatic nitrogens is 1. The second-order valence-corrected chi connectivity index (χ2v) is 7.05. The largest absolute Gasteiger partial charge is 0.422 e. The van der Waals surface area contributed by atoms with E-state index in [9.17, 15) is 4.79 Å². The summed E-state index contributed by atoms with van der Waals surface area (Å²) in [5, 5.41) is 4.11. The fourth-order valence-corrected chi connectivity index (χ4v) is 3.60. The van der Waals surface area contributed by atoms with Crippen LogP contribution in [0.5, 0.6) is 0 Å². The first-order valence-corrected chi connectivity index (χ1v) is 9.22. The van der Waals surface area contributed by atoms with Crippen LogP contribution >= 0.6 is 34.5 Å². The topological polar surface area (TPSA) is 55.5 Å². The molecule has 0 unspecified atom stereocenters. The third kappa shape index (κ3) is 3.29. The lowest BCUT2D eigenvalue weighted by Crippen LogP contribution is -2.02. The number of hydrogen-bond donors (Lipinski definition) is 0. The highest BCUT2D eigenvalue weighted by molar-refractivity contribution is 7.13. The van der Waals surface area contributed by atoms with Gasteiger partial charge in [0.2, 0.25) is 5.13 Å². The van der Waals surface area contributed by atoms with Crippen molar-refractivity contribution in [2.24, 2.45) is 4.99 Å². The van der Waals surface area contributed by atoms with Gasteiger partial charge in [-0.25, -0.2) is 14.8 Å². The minimum absolute atomic E-state index is 0.400. The van der Waals surface area contributed by atoms with Crippen LogP contribution in [0.25, 0.3) is 22.2 Å². The van der Waals surface area contributed by atoms with Gasteiger partial charge in [-0.05, 0) is 24.3 Å². The Bertz CT molecular complexity index is 1180. The number of aliphatic imine (C=N–C) groups is 1. The van der Waals surface area contributed by atoms with Gasteiger partial charge < -0.3 is 4.42 Å². The summed E-state index contributed by atoms with van der Waals surface area (Å²) in [5.41, 5.74) is 1.66. The van der Waals surface area contributed by atoms with Gasteiger partial charge in [-0.15, -0.1) is 11.3 Å². The van der Waals surface area contributed by atoms with Gasteiger partial charge >= 0.3 is 5.63 Å².